The van der Waals surface area contributed by atoms with E-state index in [1.807, 2.05) is 38.3 Å². The average Bonchev–Trinajstić information content (AvgIpc) is 3.07. The molecule has 0 saturated carbocycles. The molecule has 0 spiro atoms. The maximum Gasteiger partial charge on any atom is 0.255 e. The van der Waals surface area contributed by atoms with Gasteiger partial charge in [0.1, 0.15) is 5.82 Å². The van der Waals surface area contributed by atoms with Crippen molar-refractivity contribution in [3.63, 3.8) is 0 Å². The minimum atomic E-state index is -0.352. The Kier molecular flexibility index (Phi) is 5.14. The van der Waals surface area contributed by atoms with Crippen LogP contribution in [0.5, 0.6) is 0 Å². The zero-order valence-electron chi connectivity index (χ0n) is 18.1. The van der Waals surface area contributed by atoms with E-state index in [0.29, 0.717) is 17.8 Å². The van der Waals surface area contributed by atoms with Crippen molar-refractivity contribution in [1.29, 1.82) is 0 Å². The molecule has 5 nitrogen and oxygen atoms in total. The fraction of sp³-hybridized carbons (Fsp3) is 0.375. The van der Waals surface area contributed by atoms with Crippen LogP contribution in [-0.2, 0) is 9.59 Å². The van der Waals surface area contributed by atoms with Gasteiger partial charge >= 0.3 is 0 Å². The number of thiophene rings is 1. The smallest absolute Gasteiger partial charge is 0.255 e. The highest BCUT2D eigenvalue weighted by atomic mass is 32.1. The fourth-order valence-corrected chi connectivity index (χ4v) is 5.45. The van der Waals surface area contributed by atoms with Crippen LogP contribution in [0.2, 0.25) is 0 Å². The monoisotopic (exact) mass is 421 g/mol. The molecule has 2 aromatic rings. The summed E-state index contributed by atoms with van der Waals surface area (Å²) in [7, 11) is 0. The number of Topliss-reactive ketones (excluding diaryl/α,β-unsaturated/α-hetero) is 1. The summed E-state index contributed by atoms with van der Waals surface area (Å²) in [4.78, 5) is 32.0. The lowest BCUT2D eigenvalue weighted by Gasteiger charge is -2.39. The zero-order chi connectivity index (χ0) is 21.6. The number of allylic oxidation sites excluding steroid dienone is 3. The van der Waals surface area contributed by atoms with Gasteiger partial charge in [-0.25, -0.2) is 4.98 Å². The summed E-state index contributed by atoms with van der Waals surface area (Å²) >= 11 is 1.60. The molecule has 156 valence electrons. The first kappa shape index (κ1) is 20.5. The molecule has 2 aromatic heterocycles. The molecule has 0 fully saturated rings. The van der Waals surface area contributed by atoms with Crippen molar-refractivity contribution in [3.05, 3.63) is 68.3 Å². The quantitative estimate of drug-likeness (QED) is 0.731. The number of rotatable bonds is 3. The van der Waals surface area contributed by atoms with Crippen molar-refractivity contribution in [2.45, 2.75) is 53.4 Å². The molecule has 30 heavy (non-hydrogen) atoms. The number of aromatic nitrogens is 1. The lowest BCUT2D eigenvalue weighted by Crippen LogP contribution is -2.39. The van der Waals surface area contributed by atoms with E-state index in [2.05, 4.69) is 29.5 Å². The van der Waals surface area contributed by atoms with Crippen molar-refractivity contribution in [2.75, 3.05) is 5.32 Å². The SMILES string of the molecule is CC1=C(C(=O)Nc2ccc(C)cn2)[C@H](c2sccc2C)C2=C(CC(C)(C)CC2=O)N1. The van der Waals surface area contributed by atoms with E-state index in [9.17, 15) is 9.59 Å². The van der Waals surface area contributed by atoms with Crippen LogP contribution in [-0.4, -0.2) is 16.7 Å². The predicted octanol–water partition coefficient (Wildman–Crippen LogP) is 5.00. The minimum Gasteiger partial charge on any atom is -0.362 e. The number of hydrogen-bond acceptors (Lipinski definition) is 5. The van der Waals surface area contributed by atoms with Gasteiger partial charge in [-0.2, -0.15) is 0 Å². The third kappa shape index (κ3) is 3.72. The van der Waals surface area contributed by atoms with Gasteiger partial charge in [0.25, 0.3) is 5.91 Å². The van der Waals surface area contributed by atoms with Gasteiger partial charge in [-0.3, -0.25) is 9.59 Å². The first-order valence-electron chi connectivity index (χ1n) is 10.2. The van der Waals surface area contributed by atoms with Crippen LogP contribution >= 0.6 is 11.3 Å². The number of amides is 1. The molecule has 0 radical (unpaired) electrons. The first-order valence-corrected chi connectivity index (χ1v) is 11.1. The summed E-state index contributed by atoms with van der Waals surface area (Å²) in [5.41, 5.74) is 5.12. The predicted molar refractivity (Wildman–Crippen MR) is 120 cm³/mol. The minimum absolute atomic E-state index is 0.0934. The molecular formula is C24H27N3O2S. The van der Waals surface area contributed by atoms with Gasteiger partial charge in [0.05, 0.1) is 5.92 Å². The number of nitrogens with one attached hydrogen (secondary N) is 2. The maximum atomic E-state index is 13.4. The van der Waals surface area contributed by atoms with Crippen molar-refractivity contribution < 1.29 is 9.59 Å². The Hall–Kier alpha value is -2.73. The highest BCUT2D eigenvalue weighted by Gasteiger charge is 2.43. The molecule has 0 aromatic carbocycles. The van der Waals surface area contributed by atoms with Gasteiger partial charge in [-0.15, -0.1) is 11.3 Å². The number of anilines is 1. The normalized spacial score (nSPS) is 20.7. The number of ketones is 1. The number of aryl methyl sites for hydroxylation is 2. The van der Waals surface area contributed by atoms with Crippen molar-refractivity contribution >= 4 is 28.8 Å². The third-order valence-electron chi connectivity index (χ3n) is 5.80. The molecule has 2 N–H and O–H groups in total. The third-order valence-corrected chi connectivity index (χ3v) is 6.88. The van der Waals surface area contributed by atoms with Crippen molar-refractivity contribution in [1.82, 2.24) is 10.3 Å². The fourth-order valence-electron chi connectivity index (χ4n) is 4.40. The molecule has 4 rings (SSSR count). The van der Waals surface area contributed by atoms with E-state index >= 15 is 0 Å². The van der Waals surface area contributed by atoms with Gasteiger partial charge in [-0.1, -0.05) is 19.9 Å². The van der Waals surface area contributed by atoms with E-state index < -0.39 is 0 Å². The van der Waals surface area contributed by atoms with Gasteiger partial charge in [-0.05, 0) is 61.2 Å². The van der Waals surface area contributed by atoms with Gasteiger partial charge in [0, 0.05) is 40.0 Å². The topological polar surface area (TPSA) is 71.1 Å². The zero-order valence-corrected chi connectivity index (χ0v) is 18.9. The number of carbonyl (C=O) groups excluding carboxylic acids is 2. The average molecular weight is 422 g/mol. The summed E-state index contributed by atoms with van der Waals surface area (Å²) < 4.78 is 0. The molecular weight excluding hydrogens is 394 g/mol. The molecule has 0 saturated heterocycles. The van der Waals surface area contributed by atoms with E-state index in [0.717, 1.165) is 39.4 Å². The number of hydrogen-bond donors (Lipinski definition) is 2. The first-order chi connectivity index (χ1) is 14.2. The summed E-state index contributed by atoms with van der Waals surface area (Å²) in [6, 6.07) is 5.76. The number of nitrogens with zero attached hydrogens (tertiary/aromatic N) is 1. The Bertz CT molecular complexity index is 1090. The Morgan fingerprint density at radius 2 is 1.97 bits per heavy atom. The van der Waals surface area contributed by atoms with E-state index in [1.54, 1.807) is 23.6 Å². The largest absolute Gasteiger partial charge is 0.362 e. The Morgan fingerprint density at radius 1 is 1.20 bits per heavy atom. The standard InChI is InChI=1S/C24H27N3O2S/c1-13-6-7-18(25-12-13)27-23(29)19-15(3)26-16-10-24(4,5)11-17(28)20(16)21(19)22-14(2)8-9-30-22/h6-9,12,21,26H,10-11H2,1-5H3,(H,25,27,29)/t21-/m0/s1. The second-order valence-corrected chi connectivity index (χ2v) is 10.0. The van der Waals surface area contributed by atoms with Crippen LogP contribution in [0.15, 0.2) is 52.3 Å². The van der Waals surface area contributed by atoms with Crippen LogP contribution in [0.1, 0.15) is 55.5 Å². The number of dihydropyridines is 1. The molecule has 6 heteroatoms. The van der Waals surface area contributed by atoms with E-state index in [4.69, 9.17) is 0 Å². The van der Waals surface area contributed by atoms with Gasteiger partial charge in [0.2, 0.25) is 0 Å². The van der Waals surface area contributed by atoms with Crippen molar-refractivity contribution in [3.8, 4) is 0 Å². The summed E-state index contributed by atoms with van der Waals surface area (Å²) in [5, 5.41) is 8.36. The van der Waals surface area contributed by atoms with Crippen molar-refractivity contribution in [2.24, 2.45) is 5.41 Å². The molecule has 1 aliphatic heterocycles. The Labute approximate surface area is 181 Å². The molecule has 3 heterocycles. The van der Waals surface area contributed by atoms with E-state index in [-0.39, 0.29) is 23.0 Å². The number of carbonyl (C=O) groups is 2. The van der Waals surface area contributed by atoms with Crippen LogP contribution in [0.3, 0.4) is 0 Å². The molecule has 1 amide bonds. The Balaban J connectivity index is 1.79. The number of pyridine rings is 1. The van der Waals surface area contributed by atoms with Crippen LogP contribution < -0.4 is 10.6 Å². The lowest BCUT2D eigenvalue weighted by molar-refractivity contribution is -0.118. The summed E-state index contributed by atoms with van der Waals surface area (Å²) in [6.07, 6.45) is 3.01. The van der Waals surface area contributed by atoms with Crippen LogP contribution in [0.25, 0.3) is 0 Å². The van der Waals surface area contributed by atoms with Crippen LogP contribution in [0.4, 0.5) is 5.82 Å². The van der Waals surface area contributed by atoms with Gasteiger partial charge < -0.3 is 10.6 Å². The molecule has 1 atom stereocenters. The Morgan fingerprint density at radius 3 is 2.60 bits per heavy atom. The molecule has 2 aliphatic rings. The summed E-state index contributed by atoms with van der Waals surface area (Å²) in [5.74, 6) is 0.0508. The molecule has 0 bridgehead atoms. The molecule has 1 aliphatic carbocycles. The molecule has 0 unspecified atom stereocenters. The second kappa shape index (κ2) is 7.51. The van der Waals surface area contributed by atoms with Gasteiger partial charge in [0.15, 0.2) is 5.78 Å². The van der Waals surface area contributed by atoms with E-state index in [1.165, 1.54) is 0 Å². The van der Waals surface area contributed by atoms with Crippen LogP contribution in [0, 0.1) is 19.3 Å². The highest BCUT2D eigenvalue weighted by Crippen LogP contribution is 2.48. The maximum absolute atomic E-state index is 13.4. The highest BCUT2D eigenvalue weighted by molar-refractivity contribution is 7.10. The second-order valence-electron chi connectivity index (χ2n) is 9.07. The summed E-state index contributed by atoms with van der Waals surface area (Å²) in [6.45, 7) is 10.1. The lowest BCUT2D eigenvalue weighted by atomic mass is 9.69.